The number of benzene rings is 2. The highest BCUT2D eigenvalue weighted by Crippen LogP contribution is 2.27. The Morgan fingerprint density at radius 2 is 1.76 bits per heavy atom. The third-order valence-electron chi connectivity index (χ3n) is 3.20. The molecule has 0 fully saturated rings. The molecule has 0 spiro atoms. The van der Waals surface area contributed by atoms with Gasteiger partial charge >= 0.3 is 0 Å². The first-order valence-corrected chi connectivity index (χ1v) is 7.30. The van der Waals surface area contributed by atoms with Crippen LogP contribution in [0.3, 0.4) is 0 Å². The van der Waals surface area contributed by atoms with Crippen LogP contribution in [0.2, 0.25) is 10.0 Å². The second-order valence-corrected chi connectivity index (χ2v) is 5.53. The first-order valence-electron chi connectivity index (χ1n) is 6.55. The molecule has 0 saturated heterocycles. The Morgan fingerprint density at radius 3 is 2.38 bits per heavy atom. The number of carbonyl (C=O) groups excluding carboxylic acids is 1. The fraction of sp³-hybridized carbons (Fsp3) is 0.188. The lowest BCUT2D eigenvalue weighted by molar-refractivity contribution is 0.0963. The summed E-state index contributed by atoms with van der Waals surface area (Å²) in [5.74, 6) is -0.145. The maximum Gasteiger partial charge on any atom is 0.251 e. The number of hydrogen-bond acceptors (Lipinski definition) is 2. The Hall–Kier alpha value is -1.71. The molecule has 2 aromatic carbocycles. The number of anilines is 1. The molecule has 1 atom stereocenters. The third kappa shape index (κ3) is 3.90. The van der Waals surface area contributed by atoms with E-state index in [1.165, 1.54) is 0 Å². The van der Waals surface area contributed by atoms with E-state index in [9.17, 15) is 4.79 Å². The van der Waals surface area contributed by atoms with Crippen LogP contribution in [0.4, 0.5) is 5.69 Å². The van der Waals surface area contributed by atoms with E-state index in [1.807, 2.05) is 31.2 Å². The number of nitrogens with one attached hydrogen (secondary N) is 2. The normalized spacial score (nSPS) is 11.8. The molecule has 0 heterocycles. The van der Waals surface area contributed by atoms with Crippen molar-refractivity contribution in [3.63, 3.8) is 0 Å². The van der Waals surface area contributed by atoms with Crippen molar-refractivity contribution < 1.29 is 4.79 Å². The molecule has 2 rings (SSSR count). The van der Waals surface area contributed by atoms with Gasteiger partial charge < -0.3 is 10.6 Å². The second kappa shape index (κ2) is 6.83. The van der Waals surface area contributed by atoms with Crippen LogP contribution in [-0.2, 0) is 0 Å². The first kappa shape index (κ1) is 15.7. The predicted molar refractivity (Wildman–Crippen MR) is 88.3 cm³/mol. The van der Waals surface area contributed by atoms with Gasteiger partial charge in [0.15, 0.2) is 0 Å². The van der Waals surface area contributed by atoms with E-state index >= 15 is 0 Å². The Bertz CT molecular complexity index is 641. The van der Waals surface area contributed by atoms with Crippen molar-refractivity contribution in [1.29, 1.82) is 0 Å². The average Bonchev–Trinajstić information content (AvgIpc) is 2.49. The molecule has 3 nitrogen and oxygen atoms in total. The van der Waals surface area contributed by atoms with Crippen LogP contribution in [0.5, 0.6) is 0 Å². The van der Waals surface area contributed by atoms with Crippen LogP contribution in [0.1, 0.15) is 28.9 Å². The molecule has 1 amide bonds. The molecular formula is C16H16Cl2N2O. The molecule has 0 bridgehead atoms. The van der Waals surface area contributed by atoms with E-state index < -0.39 is 0 Å². The summed E-state index contributed by atoms with van der Waals surface area (Å²) in [5, 5.41) is 7.18. The smallest absolute Gasteiger partial charge is 0.251 e. The standard InChI is InChI=1S/C16H16Cl2N2O/c1-10(11-3-6-13(17)7-4-11)20-15-9-12(16(21)19-2)5-8-14(15)18/h3-10,20H,1-2H3,(H,19,21). The lowest BCUT2D eigenvalue weighted by Crippen LogP contribution is -2.18. The van der Waals surface area contributed by atoms with E-state index in [0.717, 1.165) is 11.3 Å². The molecule has 21 heavy (non-hydrogen) atoms. The van der Waals surface area contributed by atoms with Crippen molar-refractivity contribution in [3.05, 3.63) is 63.6 Å². The zero-order chi connectivity index (χ0) is 15.4. The maximum absolute atomic E-state index is 11.7. The first-order chi connectivity index (χ1) is 10.0. The fourth-order valence-electron chi connectivity index (χ4n) is 1.99. The molecule has 0 aliphatic rings. The summed E-state index contributed by atoms with van der Waals surface area (Å²) >= 11 is 12.1. The topological polar surface area (TPSA) is 41.1 Å². The predicted octanol–water partition coefficient (Wildman–Crippen LogP) is 4.53. The lowest BCUT2D eigenvalue weighted by Gasteiger charge is -2.17. The van der Waals surface area contributed by atoms with Crippen LogP contribution >= 0.6 is 23.2 Å². The van der Waals surface area contributed by atoms with Gasteiger partial charge in [-0.05, 0) is 42.8 Å². The highest BCUT2D eigenvalue weighted by Gasteiger charge is 2.11. The van der Waals surface area contributed by atoms with Gasteiger partial charge in [0.05, 0.1) is 10.7 Å². The maximum atomic E-state index is 11.7. The summed E-state index contributed by atoms with van der Waals surface area (Å²) in [5.41, 5.74) is 2.37. The highest BCUT2D eigenvalue weighted by molar-refractivity contribution is 6.33. The van der Waals surface area contributed by atoms with Crippen LogP contribution in [-0.4, -0.2) is 13.0 Å². The lowest BCUT2D eigenvalue weighted by atomic mass is 10.1. The summed E-state index contributed by atoms with van der Waals surface area (Å²) in [7, 11) is 1.60. The number of hydrogen-bond donors (Lipinski definition) is 2. The number of rotatable bonds is 4. The van der Waals surface area contributed by atoms with E-state index in [1.54, 1.807) is 25.2 Å². The Morgan fingerprint density at radius 1 is 1.10 bits per heavy atom. The van der Waals surface area contributed by atoms with E-state index in [2.05, 4.69) is 10.6 Å². The Labute approximate surface area is 134 Å². The SMILES string of the molecule is CNC(=O)c1ccc(Cl)c(NC(C)c2ccc(Cl)cc2)c1. The minimum absolute atomic E-state index is 0.0414. The van der Waals surface area contributed by atoms with Crippen molar-refractivity contribution in [3.8, 4) is 0 Å². The third-order valence-corrected chi connectivity index (χ3v) is 3.78. The molecule has 1 unspecified atom stereocenters. The van der Waals surface area contributed by atoms with E-state index in [0.29, 0.717) is 15.6 Å². The zero-order valence-corrected chi connectivity index (χ0v) is 13.3. The van der Waals surface area contributed by atoms with Gasteiger partial charge in [-0.25, -0.2) is 0 Å². The number of carbonyl (C=O) groups is 1. The summed E-state index contributed by atoms with van der Waals surface area (Å²) in [4.78, 5) is 11.7. The summed E-state index contributed by atoms with van der Waals surface area (Å²) in [6, 6.07) is 12.8. The Balaban J connectivity index is 2.22. The average molecular weight is 323 g/mol. The van der Waals surface area contributed by atoms with Gasteiger partial charge in [0.1, 0.15) is 0 Å². The van der Waals surface area contributed by atoms with Crippen LogP contribution in [0.25, 0.3) is 0 Å². The number of amides is 1. The van der Waals surface area contributed by atoms with Gasteiger partial charge in [0.25, 0.3) is 5.91 Å². The molecule has 0 radical (unpaired) electrons. The van der Waals surface area contributed by atoms with E-state index in [-0.39, 0.29) is 11.9 Å². The van der Waals surface area contributed by atoms with Crippen molar-refractivity contribution >= 4 is 34.8 Å². The van der Waals surface area contributed by atoms with E-state index in [4.69, 9.17) is 23.2 Å². The van der Waals surface area contributed by atoms with Crippen molar-refractivity contribution in [2.24, 2.45) is 0 Å². The minimum atomic E-state index is -0.145. The Kier molecular flexibility index (Phi) is 5.10. The zero-order valence-electron chi connectivity index (χ0n) is 11.8. The van der Waals surface area contributed by atoms with Crippen LogP contribution in [0.15, 0.2) is 42.5 Å². The molecule has 0 aliphatic heterocycles. The molecule has 0 saturated carbocycles. The molecular weight excluding hydrogens is 307 g/mol. The monoisotopic (exact) mass is 322 g/mol. The van der Waals surface area contributed by atoms with Gasteiger partial charge in [0, 0.05) is 23.7 Å². The molecule has 0 aliphatic carbocycles. The molecule has 2 aromatic rings. The van der Waals surface area contributed by atoms with Crippen LogP contribution < -0.4 is 10.6 Å². The van der Waals surface area contributed by atoms with Gasteiger partial charge in [0.2, 0.25) is 0 Å². The van der Waals surface area contributed by atoms with Gasteiger partial charge in [-0.15, -0.1) is 0 Å². The van der Waals surface area contributed by atoms with Gasteiger partial charge in [-0.3, -0.25) is 4.79 Å². The van der Waals surface area contributed by atoms with Crippen molar-refractivity contribution in [2.45, 2.75) is 13.0 Å². The molecule has 5 heteroatoms. The summed E-state index contributed by atoms with van der Waals surface area (Å²) < 4.78 is 0. The van der Waals surface area contributed by atoms with Crippen molar-refractivity contribution in [1.82, 2.24) is 5.32 Å². The van der Waals surface area contributed by atoms with Gasteiger partial charge in [-0.2, -0.15) is 0 Å². The molecule has 0 aromatic heterocycles. The largest absolute Gasteiger partial charge is 0.377 e. The quantitative estimate of drug-likeness (QED) is 0.868. The van der Waals surface area contributed by atoms with Gasteiger partial charge in [-0.1, -0.05) is 35.3 Å². The highest BCUT2D eigenvalue weighted by atomic mass is 35.5. The van der Waals surface area contributed by atoms with Crippen LogP contribution in [0, 0.1) is 0 Å². The summed E-state index contributed by atoms with van der Waals surface area (Å²) in [6.45, 7) is 2.02. The minimum Gasteiger partial charge on any atom is -0.377 e. The second-order valence-electron chi connectivity index (χ2n) is 4.69. The van der Waals surface area contributed by atoms with Crippen molar-refractivity contribution in [2.75, 3.05) is 12.4 Å². The molecule has 2 N–H and O–H groups in total. The fourth-order valence-corrected chi connectivity index (χ4v) is 2.29. The number of halogens is 2. The molecule has 110 valence electrons. The summed E-state index contributed by atoms with van der Waals surface area (Å²) in [6.07, 6.45) is 0.